The first-order valence-electron chi connectivity index (χ1n) is 7.41. The van der Waals surface area contributed by atoms with Crippen LogP contribution in [0, 0.1) is 5.82 Å². The average Bonchev–Trinajstić information content (AvgIpc) is 2.42. The summed E-state index contributed by atoms with van der Waals surface area (Å²) in [6.07, 6.45) is 1.33. The van der Waals surface area contributed by atoms with Crippen LogP contribution in [0.5, 0.6) is 5.75 Å². The molecule has 1 aliphatic heterocycles. The number of rotatable bonds is 1. The van der Waals surface area contributed by atoms with Gasteiger partial charge in [0.25, 0.3) is 0 Å². The van der Waals surface area contributed by atoms with Gasteiger partial charge in [0.1, 0.15) is 23.7 Å². The van der Waals surface area contributed by atoms with Crippen molar-refractivity contribution in [3.8, 4) is 5.75 Å². The number of pyridine rings is 1. The normalized spacial score (nSPS) is 17.2. The average molecular weight is 319 g/mol. The van der Waals surface area contributed by atoms with Crippen molar-refractivity contribution in [3.63, 3.8) is 0 Å². The van der Waals surface area contributed by atoms with Crippen LogP contribution in [0.3, 0.4) is 0 Å². The van der Waals surface area contributed by atoms with E-state index in [0.717, 1.165) is 6.07 Å². The Balaban J connectivity index is 2.56. The van der Waals surface area contributed by atoms with Crippen molar-refractivity contribution in [3.05, 3.63) is 39.4 Å². The van der Waals surface area contributed by atoms with Crippen LogP contribution in [0.25, 0.3) is 10.9 Å². The summed E-state index contributed by atoms with van der Waals surface area (Å²) < 4.78 is 22.1. The smallest absolute Gasteiger partial charge is 0.341 e. The number of carbonyl (C=O) groups is 1. The van der Waals surface area contributed by atoms with Crippen LogP contribution in [-0.4, -0.2) is 22.2 Å². The van der Waals surface area contributed by atoms with Gasteiger partial charge in [-0.1, -0.05) is 20.8 Å². The predicted octanol–water partition coefficient (Wildman–Crippen LogP) is 3.09. The molecule has 2 heterocycles. The van der Waals surface area contributed by atoms with Crippen LogP contribution in [0.2, 0.25) is 0 Å². The Morgan fingerprint density at radius 3 is 2.65 bits per heavy atom. The molecule has 0 amide bonds. The first-order valence-corrected chi connectivity index (χ1v) is 7.41. The van der Waals surface area contributed by atoms with Crippen LogP contribution >= 0.6 is 0 Å². The van der Waals surface area contributed by atoms with E-state index >= 15 is 0 Å². The third-order valence-electron chi connectivity index (χ3n) is 4.15. The zero-order valence-electron chi connectivity index (χ0n) is 13.4. The number of carboxylic acid groups (broad SMARTS) is 1. The highest BCUT2D eigenvalue weighted by Crippen LogP contribution is 2.41. The first-order chi connectivity index (χ1) is 10.6. The lowest BCUT2D eigenvalue weighted by Gasteiger charge is -2.31. The highest BCUT2D eigenvalue weighted by Gasteiger charge is 2.32. The Labute approximate surface area is 132 Å². The number of hydrogen-bond donors (Lipinski definition) is 1. The summed E-state index contributed by atoms with van der Waals surface area (Å²) in [5.74, 6) is -1.54. The SMILES string of the molecule is CC1COc2c(C(C)(C)C)c(F)cc3c(=O)c(C(=O)O)cn1c23. The highest BCUT2D eigenvalue weighted by atomic mass is 19.1. The summed E-state index contributed by atoms with van der Waals surface area (Å²) in [5.41, 5.74) is -0.707. The summed E-state index contributed by atoms with van der Waals surface area (Å²) >= 11 is 0. The van der Waals surface area contributed by atoms with Gasteiger partial charge in [0.2, 0.25) is 5.43 Å². The maximum absolute atomic E-state index is 14.7. The summed E-state index contributed by atoms with van der Waals surface area (Å²) in [6.45, 7) is 7.74. The number of benzene rings is 1. The molecule has 1 aromatic carbocycles. The molecule has 0 radical (unpaired) electrons. The van der Waals surface area contributed by atoms with Gasteiger partial charge in [0, 0.05) is 11.8 Å². The van der Waals surface area contributed by atoms with Gasteiger partial charge >= 0.3 is 5.97 Å². The van der Waals surface area contributed by atoms with E-state index in [4.69, 9.17) is 4.74 Å². The molecule has 23 heavy (non-hydrogen) atoms. The fraction of sp³-hybridized carbons (Fsp3) is 0.412. The van der Waals surface area contributed by atoms with Crippen molar-refractivity contribution in [2.24, 2.45) is 0 Å². The Morgan fingerprint density at radius 1 is 1.43 bits per heavy atom. The Morgan fingerprint density at radius 2 is 2.09 bits per heavy atom. The molecule has 122 valence electrons. The molecule has 1 aromatic heterocycles. The summed E-state index contributed by atoms with van der Waals surface area (Å²) in [7, 11) is 0. The molecule has 0 bridgehead atoms. The Bertz CT molecular complexity index is 892. The van der Waals surface area contributed by atoms with E-state index in [2.05, 4.69) is 0 Å². The van der Waals surface area contributed by atoms with E-state index in [9.17, 15) is 19.1 Å². The lowest BCUT2D eigenvalue weighted by Crippen LogP contribution is -2.29. The number of hydrogen-bond acceptors (Lipinski definition) is 3. The molecule has 3 rings (SSSR count). The van der Waals surface area contributed by atoms with Crippen LogP contribution in [0.4, 0.5) is 4.39 Å². The quantitative estimate of drug-likeness (QED) is 0.877. The topological polar surface area (TPSA) is 68.5 Å². The lowest BCUT2D eigenvalue weighted by molar-refractivity contribution is 0.0694. The second kappa shape index (κ2) is 4.81. The van der Waals surface area contributed by atoms with E-state index < -0.39 is 22.6 Å². The maximum Gasteiger partial charge on any atom is 0.341 e. The highest BCUT2D eigenvalue weighted by molar-refractivity contribution is 5.95. The van der Waals surface area contributed by atoms with E-state index in [1.54, 1.807) is 4.57 Å². The molecule has 0 saturated heterocycles. The van der Waals surface area contributed by atoms with Crippen molar-refractivity contribution in [2.45, 2.75) is 39.2 Å². The largest absolute Gasteiger partial charge is 0.489 e. The van der Waals surface area contributed by atoms with Gasteiger partial charge in [-0.05, 0) is 18.4 Å². The Kier molecular flexibility index (Phi) is 3.25. The summed E-state index contributed by atoms with van der Waals surface area (Å²) in [6, 6.07) is 0.980. The molecule has 1 aliphatic rings. The summed E-state index contributed by atoms with van der Waals surface area (Å²) in [5, 5.41) is 9.27. The van der Waals surface area contributed by atoms with Crippen LogP contribution in [-0.2, 0) is 5.41 Å². The molecule has 6 heteroatoms. The second-order valence-electron chi connectivity index (χ2n) is 6.95. The molecular formula is C17H18FNO4. The number of halogens is 1. The van der Waals surface area contributed by atoms with E-state index in [1.165, 1.54) is 6.20 Å². The fourth-order valence-corrected chi connectivity index (χ4v) is 3.08. The third-order valence-corrected chi connectivity index (χ3v) is 4.15. The number of carboxylic acids is 1. The Hall–Kier alpha value is -2.37. The van der Waals surface area contributed by atoms with Crippen molar-refractivity contribution < 1.29 is 19.0 Å². The monoisotopic (exact) mass is 319 g/mol. The zero-order chi connectivity index (χ0) is 17.1. The van der Waals surface area contributed by atoms with Crippen LogP contribution in [0.15, 0.2) is 17.1 Å². The molecule has 5 nitrogen and oxygen atoms in total. The molecule has 2 aromatic rings. The van der Waals surface area contributed by atoms with E-state index in [-0.39, 0.29) is 23.6 Å². The molecule has 1 unspecified atom stereocenters. The number of aromatic carboxylic acids is 1. The van der Waals surface area contributed by atoms with Crippen molar-refractivity contribution in [2.75, 3.05) is 6.61 Å². The van der Waals surface area contributed by atoms with Gasteiger partial charge in [-0.25, -0.2) is 9.18 Å². The molecular weight excluding hydrogens is 301 g/mol. The third kappa shape index (κ3) is 2.20. The maximum atomic E-state index is 14.7. The predicted molar refractivity (Wildman–Crippen MR) is 84.0 cm³/mol. The molecule has 1 N–H and O–H groups in total. The van der Waals surface area contributed by atoms with Gasteiger partial charge in [-0.2, -0.15) is 0 Å². The van der Waals surface area contributed by atoms with E-state index in [0.29, 0.717) is 16.8 Å². The van der Waals surface area contributed by atoms with Crippen molar-refractivity contribution in [1.29, 1.82) is 0 Å². The second-order valence-corrected chi connectivity index (χ2v) is 6.95. The van der Waals surface area contributed by atoms with E-state index in [1.807, 2.05) is 27.7 Å². The minimum Gasteiger partial charge on any atom is -0.489 e. The minimum atomic E-state index is -1.32. The number of aromatic nitrogens is 1. The lowest BCUT2D eigenvalue weighted by atomic mass is 9.84. The number of ether oxygens (including phenoxy) is 1. The van der Waals surface area contributed by atoms with Crippen LogP contribution < -0.4 is 10.2 Å². The standard InChI is InChI=1S/C17H18FNO4/c1-8-7-23-15-12(17(2,3)4)11(18)5-9-13(15)19(8)6-10(14(9)20)16(21)22/h5-6,8H,7H2,1-4H3,(H,21,22). The van der Waals surface area contributed by atoms with Gasteiger partial charge in [-0.3, -0.25) is 4.79 Å². The van der Waals surface area contributed by atoms with Crippen molar-refractivity contribution >= 4 is 16.9 Å². The molecule has 0 aliphatic carbocycles. The van der Waals surface area contributed by atoms with Gasteiger partial charge in [-0.15, -0.1) is 0 Å². The fourth-order valence-electron chi connectivity index (χ4n) is 3.08. The zero-order valence-corrected chi connectivity index (χ0v) is 13.4. The molecule has 0 saturated carbocycles. The van der Waals surface area contributed by atoms with Gasteiger partial charge < -0.3 is 14.4 Å². The van der Waals surface area contributed by atoms with Crippen molar-refractivity contribution in [1.82, 2.24) is 4.57 Å². The van der Waals surface area contributed by atoms with Crippen LogP contribution in [0.1, 0.15) is 49.7 Å². The minimum absolute atomic E-state index is 0.0388. The molecule has 0 spiro atoms. The number of nitrogens with zero attached hydrogens (tertiary/aromatic N) is 1. The summed E-state index contributed by atoms with van der Waals surface area (Å²) in [4.78, 5) is 23.7. The van der Waals surface area contributed by atoms with Gasteiger partial charge in [0.05, 0.1) is 16.9 Å². The first kappa shape index (κ1) is 15.5. The molecule has 0 fully saturated rings. The molecule has 1 atom stereocenters. The van der Waals surface area contributed by atoms with Gasteiger partial charge in [0.15, 0.2) is 0 Å².